The van der Waals surface area contributed by atoms with Gasteiger partial charge in [0, 0.05) is 45.3 Å². The number of aliphatic carboxylic acids is 1. The molecular weight excluding hydrogens is 348 g/mol. The number of carbonyl (C=O) groups excluding carboxylic acids is 2. The van der Waals surface area contributed by atoms with Crippen LogP contribution in [0, 0.1) is 0 Å². The Balaban J connectivity index is 1.79. The minimum absolute atomic E-state index is 0.0242. The maximum Gasteiger partial charge on any atom is 0.320 e. The van der Waals surface area contributed by atoms with E-state index in [-0.39, 0.29) is 18.4 Å². The van der Waals surface area contributed by atoms with Crippen LogP contribution in [0.25, 0.3) is 0 Å². The lowest BCUT2D eigenvalue weighted by atomic mass is 10.2. The first-order valence-corrected chi connectivity index (χ1v) is 9.19. The zero-order valence-corrected chi connectivity index (χ0v) is 15.9. The number of hydrogen-bond donors (Lipinski definition) is 3. The third-order valence-electron chi connectivity index (χ3n) is 4.71. The van der Waals surface area contributed by atoms with E-state index in [9.17, 15) is 19.5 Å². The molecular formula is C19H28N4O4. The molecule has 0 saturated carbocycles. The Morgan fingerprint density at radius 1 is 1.22 bits per heavy atom. The molecule has 1 heterocycles. The predicted molar refractivity (Wildman–Crippen MR) is 103 cm³/mol. The second-order valence-corrected chi connectivity index (χ2v) is 6.68. The molecule has 2 amide bonds. The van der Waals surface area contributed by atoms with Gasteiger partial charge in [-0.1, -0.05) is 18.2 Å². The molecule has 0 bridgehead atoms. The van der Waals surface area contributed by atoms with Crippen LogP contribution in [0.2, 0.25) is 0 Å². The number of rotatable bonds is 10. The zero-order chi connectivity index (χ0) is 19.8. The number of para-hydroxylation sites is 1. The van der Waals surface area contributed by atoms with Gasteiger partial charge in [-0.05, 0) is 25.0 Å². The maximum atomic E-state index is 12.2. The molecule has 1 aromatic carbocycles. The molecule has 1 atom stereocenters. The van der Waals surface area contributed by atoms with Crippen LogP contribution in [0.5, 0.6) is 0 Å². The van der Waals surface area contributed by atoms with E-state index in [0.29, 0.717) is 26.2 Å². The van der Waals surface area contributed by atoms with Crippen molar-refractivity contribution < 1.29 is 19.5 Å². The van der Waals surface area contributed by atoms with E-state index in [4.69, 9.17) is 0 Å². The SMILES string of the molecule is CC(=O)NCCN(CC(=O)NCCN1CCc2ccccc21)C(C)C(=O)O. The summed E-state index contributed by atoms with van der Waals surface area (Å²) in [6.07, 6.45) is 1.01. The standard InChI is InChI=1S/C19H28N4O4/c1-14(19(26)27)23(12-8-20-15(2)24)13-18(25)21-9-11-22-10-7-16-5-3-4-6-17(16)22/h3-6,14H,7-13H2,1-2H3,(H,20,24)(H,21,25)(H,26,27). The summed E-state index contributed by atoms with van der Waals surface area (Å²) in [6, 6.07) is 7.44. The van der Waals surface area contributed by atoms with Crippen molar-refractivity contribution in [2.24, 2.45) is 0 Å². The van der Waals surface area contributed by atoms with E-state index in [1.165, 1.54) is 25.1 Å². The summed E-state index contributed by atoms with van der Waals surface area (Å²) in [6.45, 7) is 5.64. The number of benzene rings is 1. The van der Waals surface area contributed by atoms with Crippen LogP contribution in [0.15, 0.2) is 24.3 Å². The molecule has 27 heavy (non-hydrogen) atoms. The highest BCUT2D eigenvalue weighted by Gasteiger charge is 2.23. The van der Waals surface area contributed by atoms with Gasteiger partial charge in [0.25, 0.3) is 0 Å². The van der Waals surface area contributed by atoms with E-state index in [0.717, 1.165) is 13.0 Å². The number of nitrogens with zero attached hydrogens (tertiary/aromatic N) is 2. The first kappa shape index (κ1) is 20.7. The number of carboxylic acid groups (broad SMARTS) is 1. The molecule has 8 nitrogen and oxygen atoms in total. The number of fused-ring (bicyclic) bond motifs is 1. The Labute approximate surface area is 159 Å². The van der Waals surface area contributed by atoms with Gasteiger partial charge in [0.15, 0.2) is 0 Å². The van der Waals surface area contributed by atoms with Crippen LogP contribution in [-0.2, 0) is 20.8 Å². The monoisotopic (exact) mass is 376 g/mol. The summed E-state index contributed by atoms with van der Waals surface area (Å²) >= 11 is 0. The molecule has 0 saturated heterocycles. The van der Waals surface area contributed by atoms with Crippen molar-refractivity contribution >= 4 is 23.5 Å². The van der Waals surface area contributed by atoms with Gasteiger partial charge in [-0.2, -0.15) is 0 Å². The molecule has 1 aliphatic rings. The molecule has 3 N–H and O–H groups in total. The van der Waals surface area contributed by atoms with Gasteiger partial charge in [-0.3, -0.25) is 19.3 Å². The smallest absolute Gasteiger partial charge is 0.320 e. The number of anilines is 1. The van der Waals surface area contributed by atoms with Crippen molar-refractivity contribution in [2.75, 3.05) is 44.2 Å². The summed E-state index contributed by atoms with van der Waals surface area (Å²) in [7, 11) is 0. The van der Waals surface area contributed by atoms with E-state index in [1.54, 1.807) is 4.90 Å². The second-order valence-electron chi connectivity index (χ2n) is 6.68. The summed E-state index contributed by atoms with van der Waals surface area (Å²) in [5.74, 6) is -1.41. The molecule has 0 aliphatic carbocycles. The van der Waals surface area contributed by atoms with Crippen LogP contribution in [0.4, 0.5) is 5.69 Å². The highest BCUT2D eigenvalue weighted by Crippen LogP contribution is 2.26. The highest BCUT2D eigenvalue weighted by molar-refractivity contribution is 5.80. The summed E-state index contributed by atoms with van der Waals surface area (Å²) < 4.78 is 0. The van der Waals surface area contributed by atoms with Crippen molar-refractivity contribution in [1.82, 2.24) is 15.5 Å². The molecule has 8 heteroatoms. The fraction of sp³-hybridized carbons (Fsp3) is 0.526. The van der Waals surface area contributed by atoms with Gasteiger partial charge in [0.05, 0.1) is 6.54 Å². The third kappa shape index (κ3) is 6.25. The van der Waals surface area contributed by atoms with Crippen LogP contribution < -0.4 is 15.5 Å². The van der Waals surface area contributed by atoms with Gasteiger partial charge in [0.2, 0.25) is 11.8 Å². The first-order valence-electron chi connectivity index (χ1n) is 9.19. The minimum atomic E-state index is -1.00. The molecule has 0 fully saturated rings. The van der Waals surface area contributed by atoms with Crippen LogP contribution in [-0.4, -0.2) is 73.1 Å². The third-order valence-corrected chi connectivity index (χ3v) is 4.71. The van der Waals surface area contributed by atoms with Crippen molar-refractivity contribution in [3.63, 3.8) is 0 Å². The lowest BCUT2D eigenvalue weighted by Gasteiger charge is -2.26. The van der Waals surface area contributed by atoms with Crippen LogP contribution in [0.3, 0.4) is 0 Å². The normalized spacial score (nSPS) is 14.0. The Morgan fingerprint density at radius 2 is 1.96 bits per heavy atom. The van der Waals surface area contributed by atoms with E-state index < -0.39 is 12.0 Å². The number of hydrogen-bond acceptors (Lipinski definition) is 5. The molecule has 148 valence electrons. The fourth-order valence-electron chi connectivity index (χ4n) is 3.15. The van der Waals surface area contributed by atoms with Gasteiger partial charge < -0.3 is 20.6 Å². The van der Waals surface area contributed by atoms with E-state index in [1.807, 2.05) is 12.1 Å². The number of nitrogens with one attached hydrogen (secondary N) is 2. The lowest BCUT2D eigenvalue weighted by Crippen LogP contribution is -2.48. The molecule has 1 unspecified atom stereocenters. The number of carboxylic acids is 1. The molecule has 0 spiro atoms. The van der Waals surface area contributed by atoms with Crippen molar-refractivity contribution in [3.8, 4) is 0 Å². The zero-order valence-electron chi connectivity index (χ0n) is 15.9. The molecule has 1 aliphatic heterocycles. The number of carbonyl (C=O) groups is 3. The maximum absolute atomic E-state index is 12.2. The Kier molecular flexibility index (Phi) is 7.60. The Hall–Kier alpha value is -2.61. The average molecular weight is 376 g/mol. The first-order chi connectivity index (χ1) is 12.9. The van der Waals surface area contributed by atoms with Gasteiger partial charge in [0.1, 0.15) is 6.04 Å². The topological polar surface area (TPSA) is 102 Å². The fourth-order valence-corrected chi connectivity index (χ4v) is 3.15. The largest absolute Gasteiger partial charge is 0.480 e. The minimum Gasteiger partial charge on any atom is -0.480 e. The number of amides is 2. The predicted octanol–water partition coefficient (Wildman–Crippen LogP) is 0.0765. The quantitative estimate of drug-likeness (QED) is 0.534. The molecule has 0 radical (unpaired) electrons. The van der Waals surface area contributed by atoms with Crippen molar-refractivity contribution in [1.29, 1.82) is 0 Å². The van der Waals surface area contributed by atoms with E-state index >= 15 is 0 Å². The van der Waals surface area contributed by atoms with Gasteiger partial charge >= 0.3 is 5.97 Å². The molecule has 2 rings (SSSR count). The molecule has 0 aromatic heterocycles. The summed E-state index contributed by atoms with van der Waals surface area (Å²) in [4.78, 5) is 38.3. The van der Waals surface area contributed by atoms with Crippen LogP contribution >= 0.6 is 0 Å². The average Bonchev–Trinajstić information content (AvgIpc) is 3.03. The lowest BCUT2D eigenvalue weighted by molar-refractivity contribution is -0.143. The van der Waals surface area contributed by atoms with E-state index in [2.05, 4.69) is 27.7 Å². The van der Waals surface area contributed by atoms with Gasteiger partial charge in [-0.15, -0.1) is 0 Å². The summed E-state index contributed by atoms with van der Waals surface area (Å²) in [5, 5.41) is 14.7. The van der Waals surface area contributed by atoms with Gasteiger partial charge in [-0.25, -0.2) is 0 Å². The van der Waals surface area contributed by atoms with Crippen molar-refractivity contribution in [2.45, 2.75) is 26.3 Å². The highest BCUT2D eigenvalue weighted by atomic mass is 16.4. The second kappa shape index (κ2) is 9.91. The Bertz CT molecular complexity index is 679. The Morgan fingerprint density at radius 3 is 2.67 bits per heavy atom. The summed E-state index contributed by atoms with van der Waals surface area (Å²) in [5.41, 5.74) is 2.53. The molecule has 1 aromatic rings. The van der Waals surface area contributed by atoms with Crippen LogP contribution in [0.1, 0.15) is 19.4 Å². The van der Waals surface area contributed by atoms with Crippen molar-refractivity contribution in [3.05, 3.63) is 29.8 Å².